The first kappa shape index (κ1) is 17.0. The highest BCUT2D eigenvalue weighted by Crippen LogP contribution is 2.38. The zero-order chi connectivity index (χ0) is 16.8. The molecule has 0 saturated carbocycles. The largest absolute Gasteiger partial charge is 0.524 e. The maximum atomic E-state index is 14.1. The van der Waals surface area contributed by atoms with E-state index in [0.29, 0.717) is 0 Å². The SMILES string of the molecule is CC1(C)OB(C(F)=CCn2ccc(C(F)(F)F)n2)OC1(C)C. The number of nitrogens with zero attached hydrogens (tertiary/aromatic N) is 2. The molecule has 1 aromatic heterocycles. The normalized spacial score (nSPS) is 21.5. The predicted octanol–water partition coefficient (Wildman–Crippen LogP) is 3.39. The van der Waals surface area contributed by atoms with Gasteiger partial charge in [-0.3, -0.25) is 4.68 Å². The molecule has 1 saturated heterocycles. The van der Waals surface area contributed by atoms with Crippen molar-refractivity contribution in [1.29, 1.82) is 0 Å². The Kier molecular flexibility index (Phi) is 4.16. The van der Waals surface area contributed by atoms with Crippen LogP contribution in [0.25, 0.3) is 0 Å². The molecule has 1 fully saturated rings. The van der Waals surface area contributed by atoms with Gasteiger partial charge in [-0.25, -0.2) is 4.39 Å². The molecule has 0 N–H and O–H groups in total. The van der Waals surface area contributed by atoms with E-state index >= 15 is 0 Å². The number of halogens is 4. The molecule has 0 radical (unpaired) electrons. The number of aromatic nitrogens is 2. The van der Waals surface area contributed by atoms with Gasteiger partial charge in [0.1, 0.15) is 5.73 Å². The summed E-state index contributed by atoms with van der Waals surface area (Å²) in [4.78, 5) is 0. The van der Waals surface area contributed by atoms with Crippen molar-refractivity contribution in [3.63, 3.8) is 0 Å². The first-order valence-electron chi connectivity index (χ1n) is 6.74. The fourth-order valence-corrected chi connectivity index (χ4v) is 1.85. The van der Waals surface area contributed by atoms with E-state index in [9.17, 15) is 17.6 Å². The quantitative estimate of drug-likeness (QED) is 0.633. The first-order valence-corrected chi connectivity index (χ1v) is 6.74. The Balaban J connectivity index is 2.04. The molecule has 0 bridgehead atoms. The topological polar surface area (TPSA) is 36.3 Å². The van der Waals surface area contributed by atoms with Crippen molar-refractivity contribution in [2.45, 2.75) is 51.6 Å². The minimum absolute atomic E-state index is 0.147. The number of hydrogen-bond acceptors (Lipinski definition) is 3. The maximum Gasteiger partial charge on any atom is 0.524 e. The fraction of sp³-hybridized carbons (Fsp3) is 0.615. The van der Waals surface area contributed by atoms with Gasteiger partial charge in [0.2, 0.25) is 0 Å². The van der Waals surface area contributed by atoms with Crippen LogP contribution in [0.4, 0.5) is 17.6 Å². The van der Waals surface area contributed by atoms with Crippen LogP contribution < -0.4 is 0 Å². The predicted molar refractivity (Wildman–Crippen MR) is 72.5 cm³/mol. The molecule has 4 nitrogen and oxygen atoms in total. The van der Waals surface area contributed by atoms with E-state index in [2.05, 4.69) is 5.10 Å². The molecular formula is C13H17BF4N2O2. The Morgan fingerprint density at radius 1 is 1.27 bits per heavy atom. The molecule has 0 unspecified atom stereocenters. The van der Waals surface area contributed by atoms with Crippen LogP contribution in [0.2, 0.25) is 0 Å². The van der Waals surface area contributed by atoms with E-state index in [-0.39, 0.29) is 6.54 Å². The summed E-state index contributed by atoms with van der Waals surface area (Å²) < 4.78 is 63.3. The Morgan fingerprint density at radius 3 is 2.27 bits per heavy atom. The van der Waals surface area contributed by atoms with Crippen LogP contribution in [0, 0.1) is 0 Å². The van der Waals surface area contributed by atoms with Crippen LogP contribution in [-0.2, 0) is 22.0 Å². The van der Waals surface area contributed by atoms with Crippen molar-refractivity contribution in [2.75, 3.05) is 0 Å². The standard InChI is InChI=1S/C13H17BF4N2O2/c1-11(2)12(3,4)22-14(21-11)10(15)6-8-20-7-5-9(19-20)13(16,17)18/h5-7H,8H2,1-4H3. The highest BCUT2D eigenvalue weighted by molar-refractivity contribution is 6.53. The van der Waals surface area contributed by atoms with Crippen molar-refractivity contribution in [1.82, 2.24) is 9.78 Å². The second kappa shape index (κ2) is 5.38. The van der Waals surface area contributed by atoms with Crippen molar-refractivity contribution in [3.8, 4) is 0 Å². The molecule has 22 heavy (non-hydrogen) atoms. The molecule has 1 aromatic rings. The van der Waals surface area contributed by atoms with Crippen molar-refractivity contribution >= 4 is 7.12 Å². The van der Waals surface area contributed by atoms with E-state index in [1.54, 1.807) is 27.7 Å². The Hall–Kier alpha value is -1.35. The Morgan fingerprint density at radius 2 is 1.82 bits per heavy atom. The Bertz CT molecular complexity index is 565. The number of allylic oxidation sites excluding steroid dienone is 1. The lowest BCUT2D eigenvalue weighted by Crippen LogP contribution is -2.41. The molecule has 2 heterocycles. The summed E-state index contributed by atoms with van der Waals surface area (Å²) in [6, 6.07) is 0.834. The van der Waals surface area contributed by atoms with Crippen LogP contribution >= 0.6 is 0 Å². The molecule has 0 amide bonds. The van der Waals surface area contributed by atoms with E-state index in [1.807, 2.05) is 0 Å². The smallest absolute Gasteiger partial charge is 0.398 e. The zero-order valence-electron chi connectivity index (χ0n) is 12.7. The number of hydrogen-bond donors (Lipinski definition) is 0. The van der Waals surface area contributed by atoms with Crippen molar-refractivity contribution in [3.05, 3.63) is 29.8 Å². The van der Waals surface area contributed by atoms with Crippen LogP contribution in [0.1, 0.15) is 33.4 Å². The fourth-order valence-electron chi connectivity index (χ4n) is 1.85. The second-order valence-electron chi connectivity index (χ2n) is 6.10. The van der Waals surface area contributed by atoms with Crippen LogP contribution in [-0.4, -0.2) is 28.1 Å². The molecule has 0 spiro atoms. The molecule has 122 valence electrons. The zero-order valence-corrected chi connectivity index (χ0v) is 12.7. The second-order valence-corrected chi connectivity index (χ2v) is 6.10. The lowest BCUT2D eigenvalue weighted by molar-refractivity contribution is -0.141. The van der Waals surface area contributed by atoms with Gasteiger partial charge >= 0.3 is 13.3 Å². The molecule has 0 atom stereocenters. The third-order valence-corrected chi connectivity index (χ3v) is 3.88. The van der Waals surface area contributed by atoms with Gasteiger partial charge in [0.15, 0.2) is 5.69 Å². The van der Waals surface area contributed by atoms with E-state index in [4.69, 9.17) is 9.31 Å². The van der Waals surface area contributed by atoms with Gasteiger partial charge in [0, 0.05) is 6.20 Å². The summed E-state index contributed by atoms with van der Waals surface area (Å²) in [5.74, 6) is 0. The van der Waals surface area contributed by atoms with Crippen LogP contribution in [0.5, 0.6) is 0 Å². The van der Waals surface area contributed by atoms with E-state index in [1.165, 1.54) is 0 Å². The van der Waals surface area contributed by atoms with E-state index < -0.39 is 35.9 Å². The molecule has 1 aliphatic heterocycles. The number of alkyl halides is 3. The van der Waals surface area contributed by atoms with Crippen LogP contribution in [0.3, 0.4) is 0 Å². The monoisotopic (exact) mass is 320 g/mol. The third-order valence-electron chi connectivity index (χ3n) is 3.88. The van der Waals surface area contributed by atoms with Gasteiger partial charge in [-0.2, -0.15) is 18.3 Å². The average Bonchev–Trinajstić information content (AvgIpc) is 2.89. The summed E-state index contributed by atoms with van der Waals surface area (Å²) in [5.41, 5.74) is -3.07. The summed E-state index contributed by atoms with van der Waals surface area (Å²) in [6.45, 7) is 6.98. The minimum atomic E-state index is -4.51. The molecule has 1 aliphatic rings. The van der Waals surface area contributed by atoms with Gasteiger partial charge in [-0.05, 0) is 39.8 Å². The molecule has 2 rings (SSSR count). The summed E-state index contributed by atoms with van der Waals surface area (Å²) in [7, 11) is -1.16. The molecular weight excluding hydrogens is 303 g/mol. The lowest BCUT2D eigenvalue weighted by atomic mass is 9.88. The third kappa shape index (κ3) is 3.35. The summed E-state index contributed by atoms with van der Waals surface area (Å²) in [5, 5.41) is 3.34. The van der Waals surface area contributed by atoms with Gasteiger partial charge in [-0.1, -0.05) is 0 Å². The average molecular weight is 320 g/mol. The van der Waals surface area contributed by atoms with Gasteiger partial charge in [-0.15, -0.1) is 0 Å². The minimum Gasteiger partial charge on any atom is -0.398 e. The molecule has 0 aliphatic carbocycles. The lowest BCUT2D eigenvalue weighted by Gasteiger charge is -2.32. The molecule has 9 heteroatoms. The van der Waals surface area contributed by atoms with E-state index in [0.717, 1.165) is 23.0 Å². The molecule has 0 aromatic carbocycles. The van der Waals surface area contributed by atoms with Gasteiger partial charge < -0.3 is 9.31 Å². The maximum absolute atomic E-state index is 14.1. The summed E-state index contributed by atoms with van der Waals surface area (Å²) >= 11 is 0. The van der Waals surface area contributed by atoms with Gasteiger partial charge in [0.05, 0.1) is 17.7 Å². The first-order chi connectivity index (χ1) is 9.92. The van der Waals surface area contributed by atoms with Crippen molar-refractivity contribution < 1.29 is 26.9 Å². The van der Waals surface area contributed by atoms with Gasteiger partial charge in [0.25, 0.3) is 0 Å². The summed E-state index contributed by atoms with van der Waals surface area (Å²) in [6.07, 6.45) is -2.29. The highest BCUT2D eigenvalue weighted by atomic mass is 19.4. The Labute approximate surface area is 126 Å². The number of rotatable bonds is 3. The highest BCUT2D eigenvalue weighted by Gasteiger charge is 2.52. The van der Waals surface area contributed by atoms with Crippen molar-refractivity contribution in [2.24, 2.45) is 0 Å². The van der Waals surface area contributed by atoms with Crippen LogP contribution in [0.15, 0.2) is 24.1 Å².